The summed E-state index contributed by atoms with van der Waals surface area (Å²) in [6.07, 6.45) is 5.64. The molecule has 2 rings (SSSR count). The molecule has 17 heavy (non-hydrogen) atoms. The zero-order valence-corrected chi connectivity index (χ0v) is 12.6. The van der Waals surface area contributed by atoms with Crippen molar-refractivity contribution in [2.75, 3.05) is 12.9 Å². The summed E-state index contributed by atoms with van der Waals surface area (Å²) in [4.78, 5) is 1.38. The maximum Gasteiger partial charge on any atom is 0.0571 e. The van der Waals surface area contributed by atoms with Crippen molar-refractivity contribution >= 4 is 27.7 Å². The van der Waals surface area contributed by atoms with Crippen LogP contribution in [0.25, 0.3) is 0 Å². The lowest BCUT2D eigenvalue weighted by Gasteiger charge is -2.27. The third-order valence-electron chi connectivity index (χ3n) is 3.43. The molecule has 0 bridgehead atoms. The van der Waals surface area contributed by atoms with Gasteiger partial charge in [-0.3, -0.25) is 0 Å². The van der Waals surface area contributed by atoms with E-state index in [9.17, 15) is 0 Å². The van der Waals surface area contributed by atoms with E-state index in [4.69, 9.17) is 4.74 Å². The third kappa shape index (κ3) is 4.31. The lowest BCUT2D eigenvalue weighted by Crippen LogP contribution is -2.21. The molecule has 1 aromatic rings. The highest BCUT2D eigenvalue weighted by molar-refractivity contribution is 9.10. The molecule has 1 nitrogen and oxygen atoms in total. The van der Waals surface area contributed by atoms with E-state index in [0.717, 1.165) is 10.4 Å². The van der Waals surface area contributed by atoms with Gasteiger partial charge in [-0.05, 0) is 55.9 Å². The minimum Gasteiger partial charge on any atom is -0.381 e. The summed E-state index contributed by atoms with van der Waals surface area (Å²) in [5.41, 5.74) is 0. The van der Waals surface area contributed by atoms with Gasteiger partial charge < -0.3 is 4.74 Å². The molecule has 1 aliphatic rings. The molecule has 0 amide bonds. The van der Waals surface area contributed by atoms with Gasteiger partial charge in [0, 0.05) is 22.2 Å². The van der Waals surface area contributed by atoms with Crippen molar-refractivity contribution in [3.63, 3.8) is 0 Å². The summed E-state index contributed by atoms with van der Waals surface area (Å²) in [5, 5.41) is 0. The topological polar surface area (TPSA) is 9.23 Å². The largest absolute Gasteiger partial charge is 0.381 e. The standard InChI is InChI=1S/C14H19BrOS/c1-16-13-6-2-11(3-7-13)10-17-14-8-4-12(15)5-9-14/h4-5,8-9,11,13H,2-3,6-7,10H2,1H3. The minimum absolute atomic E-state index is 0.518. The SMILES string of the molecule is COC1CCC(CSc2ccc(Br)cc2)CC1. The Morgan fingerprint density at radius 3 is 2.41 bits per heavy atom. The van der Waals surface area contributed by atoms with E-state index in [-0.39, 0.29) is 0 Å². The van der Waals surface area contributed by atoms with Gasteiger partial charge in [-0.25, -0.2) is 0 Å². The Bertz CT molecular complexity index is 331. The van der Waals surface area contributed by atoms with E-state index in [1.165, 1.54) is 36.3 Å². The lowest BCUT2D eigenvalue weighted by atomic mass is 9.89. The van der Waals surface area contributed by atoms with Gasteiger partial charge in [0.2, 0.25) is 0 Å². The van der Waals surface area contributed by atoms with Crippen LogP contribution in [0.15, 0.2) is 33.6 Å². The molecule has 0 spiro atoms. The van der Waals surface area contributed by atoms with Crippen LogP contribution < -0.4 is 0 Å². The summed E-state index contributed by atoms with van der Waals surface area (Å²) in [6, 6.07) is 8.61. The minimum atomic E-state index is 0.518. The highest BCUT2D eigenvalue weighted by atomic mass is 79.9. The number of ether oxygens (including phenoxy) is 1. The van der Waals surface area contributed by atoms with Crippen LogP contribution in [0.4, 0.5) is 0 Å². The van der Waals surface area contributed by atoms with Crippen molar-refractivity contribution in [2.45, 2.75) is 36.7 Å². The number of hydrogen-bond acceptors (Lipinski definition) is 2. The average molecular weight is 315 g/mol. The first-order valence-corrected chi connectivity index (χ1v) is 7.97. The predicted octanol–water partition coefficient (Wildman–Crippen LogP) is 4.75. The van der Waals surface area contributed by atoms with Crippen LogP contribution in [0.5, 0.6) is 0 Å². The number of hydrogen-bond donors (Lipinski definition) is 0. The van der Waals surface area contributed by atoms with Crippen LogP contribution in [0.2, 0.25) is 0 Å². The molecule has 0 unspecified atom stereocenters. The summed E-state index contributed by atoms with van der Waals surface area (Å²) >= 11 is 5.45. The Labute approximate surface area is 116 Å². The fraction of sp³-hybridized carbons (Fsp3) is 0.571. The molecule has 0 N–H and O–H groups in total. The van der Waals surface area contributed by atoms with E-state index in [1.54, 1.807) is 0 Å². The molecule has 3 heteroatoms. The first-order valence-electron chi connectivity index (χ1n) is 6.19. The molecule has 94 valence electrons. The van der Waals surface area contributed by atoms with E-state index in [1.807, 2.05) is 18.9 Å². The normalized spacial score (nSPS) is 24.8. The summed E-state index contributed by atoms with van der Waals surface area (Å²) < 4.78 is 6.56. The van der Waals surface area contributed by atoms with Gasteiger partial charge in [-0.15, -0.1) is 11.8 Å². The van der Waals surface area contributed by atoms with Crippen molar-refractivity contribution in [1.29, 1.82) is 0 Å². The van der Waals surface area contributed by atoms with Crippen LogP contribution >= 0.6 is 27.7 Å². The van der Waals surface area contributed by atoms with E-state index >= 15 is 0 Å². The molecular formula is C14H19BrOS. The van der Waals surface area contributed by atoms with Gasteiger partial charge in [0.25, 0.3) is 0 Å². The van der Waals surface area contributed by atoms with Crippen molar-refractivity contribution < 1.29 is 4.74 Å². The summed E-state index contributed by atoms with van der Waals surface area (Å²) in [5.74, 6) is 2.12. The number of thioether (sulfide) groups is 1. The van der Waals surface area contributed by atoms with Crippen LogP contribution in [0.1, 0.15) is 25.7 Å². The second-order valence-corrected chi connectivity index (χ2v) is 6.65. The highest BCUT2D eigenvalue weighted by Crippen LogP contribution is 2.31. The monoisotopic (exact) mass is 314 g/mol. The molecule has 0 aromatic heterocycles. The van der Waals surface area contributed by atoms with Gasteiger partial charge in [0.1, 0.15) is 0 Å². The number of halogens is 1. The molecule has 1 saturated carbocycles. The Kier molecular flexibility index (Phi) is 5.39. The average Bonchev–Trinajstić information content (AvgIpc) is 2.39. The van der Waals surface area contributed by atoms with Gasteiger partial charge in [0.05, 0.1) is 6.10 Å². The first kappa shape index (κ1) is 13.4. The molecule has 0 heterocycles. The Balaban J connectivity index is 1.74. The molecule has 0 atom stereocenters. The highest BCUT2D eigenvalue weighted by Gasteiger charge is 2.20. The molecule has 1 aromatic carbocycles. The lowest BCUT2D eigenvalue weighted by molar-refractivity contribution is 0.0599. The van der Waals surface area contributed by atoms with Crippen molar-refractivity contribution in [3.8, 4) is 0 Å². The molecule has 0 aliphatic heterocycles. The van der Waals surface area contributed by atoms with Gasteiger partial charge in [0.15, 0.2) is 0 Å². The Morgan fingerprint density at radius 1 is 1.18 bits per heavy atom. The fourth-order valence-corrected chi connectivity index (χ4v) is 3.63. The van der Waals surface area contributed by atoms with Crippen LogP contribution in [-0.4, -0.2) is 19.0 Å². The molecule has 0 radical (unpaired) electrons. The Hall–Kier alpha value is 0.01000. The summed E-state index contributed by atoms with van der Waals surface area (Å²) in [6.45, 7) is 0. The van der Waals surface area contributed by atoms with Crippen LogP contribution in [-0.2, 0) is 4.74 Å². The Morgan fingerprint density at radius 2 is 1.82 bits per heavy atom. The van der Waals surface area contributed by atoms with Crippen molar-refractivity contribution in [3.05, 3.63) is 28.7 Å². The second kappa shape index (κ2) is 6.81. The van der Waals surface area contributed by atoms with Crippen molar-refractivity contribution in [1.82, 2.24) is 0 Å². The molecule has 1 aliphatic carbocycles. The van der Waals surface area contributed by atoms with Crippen LogP contribution in [0, 0.1) is 5.92 Å². The second-order valence-electron chi connectivity index (χ2n) is 4.64. The van der Waals surface area contributed by atoms with Gasteiger partial charge >= 0.3 is 0 Å². The maximum absolute atomic E-state index is 5.40. The van der Waals surface area contributed by atoms with E-state index in [0.29, 0.717) is 6.10 Å². The van der Waals surface area contributed by atoms with Gasteiger partial charge in [-0.1, -0.05) is 15.9 Å². The number of methoxy groups -OCH3 is 1. The number of rotatable bonds is 4. The molecule has 1 fully saturated rings. The predicted molar refractivity (Wildman–Crippen MR) is 77.6 cm³/mol. The summed E-state index contributed by atoms with van der Waals surface area (Å²) in [7, 11) is 1.83. The zero-order valence-electron chi connectivity index (χ0n) is 10.2. The molecular weight excluding hydrogens is 296 g/mol. The third-order valence-corrected chi connectivity index (χ3v) is 5.20. The van der Waals surface area contributed by atoms with Crippen molar-refractivity contribution in [2.24, 2.45) is 5.92 Å². The fourth-order valence-electron chi connectivity index (χ4n) is 2.28. The quantitative estimate of drug-likeness (QED) is 0.742. The zero-order chi connectivity index (χ0) is 12.1. The smallest absolute Gasteiger partial charge is 0.0571 e. The molecule has 0 saturated heterocycles. The first-order chi connectivity index (χ1) is 8.28. The van der Waals surface area contributed by atoms with Gasteiger partial charge in [-0.2, -0.15) is 0 Å². The van der Waals surface area contributed by atoms with E-state index < -0.39 is 0 Å². The van der Waals surface area contributed by atoms with E-state index in [2.05, 4.69) is 40.2 Å². The van der Waals surface area contributed by atoms with Crippen LogP contribution in [0.3, 0.4) is 0 Å². The maximum atomic E-state index is 5.40. The number of benzene rings is 1.